The summed E-state index contributed by atoms with van der Waals surface area (Å²) in [5, 5.41) is 7.75. The number of para-hydroxylation sites is 3. The smallest absolute Gasteiger partial charge is 0.237 e. The van der Waals surface area contributed by atoms with Crippen LogP contribution in [0.1, 0.15) is 29.9 Å². The molecule has 6 heteroatoms. The van der Waals surface area contributed by atoms with Gasteiger partial charge in [0.25, 0.3) is 0 Å². The number of benzene rings is 3. The zero-order chi connectivity index (χ0) is 22.6. The van der Waals surface area contributed by atoms with Gasteiger partial charge in [0, 0.05) is 17.1 Å². The van der Waals surface area contributed by atoms with Crippen LogP contribution in [0.5, 0.6) is 0 Å². The molecule has 2 atom stereocenters. The number of imidazole rings is 1. The van der Waals surface area contributed by atoms with Crippen molar-refractivity contribution in [3.05, 3.63) is 102 Å². The lowest BCUT2D eigenvalue weighted by Gasteiger charge is -2.21. The number of nitrogens with one attached hydrogen (secondary N) is 4. The average molecular weight is 438 g/mol. The second-order valence-corrected chi connectivity index (χ2v) is 8.34. The van der Waals surface area contributed by atoms with E-state index in [0.717, 1.165) is 38.9 Å². The molecule has 0 radical (unpaired) electrons. The predicted octanol–water partition coefficient (Wildman–Crippen LogP) is 4.62. The first-order valence-corrected chi connectivity index (χ1v) is 11.2. The number of hydrogen-bond acceptors (Lipinski definition) is 3. The van der Waals surface area contributed by atoms with Gasteiger partial charge in [-0.25, -0.2) is 4.98 Å². The first-order valence-electron chi connectivity index (χ1n) is 11.2. The molecule has 0 aliphatic heterocycles. The number of H-pyrrole nitrogens is 2. The molecule has 0 saturated carbocycles. The normalized spacial score (nSPS) is 13.2. The van der Waals surface area contributed by atoms with Crippen molar-refractivity contribution in [2.75, 3.05) is 0 Å². The van der Waals surface area contributed by atoms with Crippen LogP contribution < -0.4 is 10.6 Å². The number of carbonyl (C=O) groups is 1. The van der Waals surface area contributed by atoms with E-state index in [0.29, 0.717) is 13.0 Å². The number of fused-ring (bicyclic) bond motifs is 2. The first-order chi connectivity index (χ1) is 16.2. The third-order valence-electron chi connectivity index (χ3n) is 6.03. The maximum absolute atomic E-state index is 13.4. The molecule has 6 nitrogen and oxygen atoms in total. The highest BCUT2D eigenvalue weighted by Crippen LogP contribution is 2.20. The topological polar surface area (TPSA) is 85.6 Å². The summed E-state index contributed by atoms with van der Waals surface area (Å²) in [7, 11) is 0. The maximum atomic E-state index is 13.4. The summed E-state index contributed by atoms with van der Waals surface area (Å²) in [5.74, 6) is 0.775. The Morgan fingerprint density at radius 1 is 0.939 bits per heavy atom. The second kappa shape index (κ2) is 9.30. The molecule has 0 spiro atoms. The van der Waals surface area contributed by atoms with Gasteiger partial charge in [-0.2, -0.15) is 0 Å². The van der Waals surface area contributed by atoms with Gasteiger partial charge in [-0.3, -0.25) is 10.1 Å². The summed E-state index contributed by atoms with van der Waals surface area (Å²) in [6.45, 7) is 2.48. The Balaban J connectivity index is 1.36. The molecular formula is C27H27N5O. The summed E-state index contributed by atoms with van der Waals surface area (Å²) < 4.78 is 0. The largest absolute Gasteiger partial charge is 0.361 e. The van der Waals surface area contributed by atoms with Crippen molar-refractivity contribution in [1.29, 1.82) is 0 Å². The molecule has 0 saturated heterocycles. The number of aromatic amines is 2. The van der Waals surface area contributed by atoms with Crippen molar-refractivity contribution in [3.8, 4) is 0 Å². The second-order valence-electron chi connectivity index (χ2n) is 8.34. The molecule has 1 amide bonds. The highest BCUT2D eigenvalue weighted by molar-refractivity contribution is 5.86. The molecule has 5 aromatic rings. The van der Waals surface area contributed by atoms with Crippen LogP contribution in [0.2, 0.25) is 0 Å². The van der Waals surface area contributed by atoms with Crippen molar-refractivity contribution >= 4 is 27.8 Å². The monoisotopic (exact) mass is 437 g/mol. The standard InChI is InChI=1S/C27H27N5O/c1-18(19-9-3-2-4-10-19)30-27(33)25(15-20-16-28-22-12-6-5-11-21(20)22)29-17-26-31-23-13-7-8-14-24(23)32-26/h2-14,16,18,25,28-29H,15,17H2,1H3,(H,30,33)(H,31,32)/t18-,25+/m0/s1. The van der Waals surface area contributed by atoms with Crippen LogP contribution in [0, 0.1) is 0 Å². The van der Waals surface area contributed by atoms with E-state index in [9.17, 15) is 4.79 Å². The predicted molar refractivity (Wildman–Crippen MR) is 132 cm³/mol. The third-order valence-corrected chi connectivity index (χ3v) is 6.03. The van der Waals surface area contributed by atoms with E-state index < -0.39 is 6.04 Å². The molecule has 0 aliphatic carbocycles. The minimum atomic E-state index is -0.413. The van der Waals surface area contributed by atoms with Gasteiger partial charge in [-0.05, 0) is 42.7 Å². The summed E-state index contributed by atoms with van der Waals surface area (Å²) >= 11 is 0. The van der Waals surface area contributed by atoms with Gasteiger partial charge < -0.3 is 15.3 Å². The van der Waals surface area contributed by atoms with Gasteiger partial charge in [-0.15, -0.1) is 0 Å². The number of hydrogen-bond donors (Lipinski definition) is 4. The molecule has 2 aromatic heterocycles. The summed E-state index contributed by atoms with van der Waals surface area (Å²) in [4.78, 5) is 24.7. The molecule has 0 aliphatic rings. The molecule has 3 aromatic carbocycles. The lowest BCUT2D eigenvalue weighted by atomic mass is 10.0. The number of carbonyl (C=O) groups excluding carboxylic acids is 1. The third kappa shape index (κ3) is 4.66. The Morgan fingerprint density at radius 2 is 1.67 bits per heavy atom. The van der Waals surface area contributed by atoms with Crippen molar-refractivity contribution in [2.45, 2.75) is 32.0 Å². The fourth-order valence-electron chi connectivity index (χ4n) is 4.23. The molecule has 0 fully saturated rings. The van der Waals surface area contributed by atoms with Gasteiger partial charge in [0.1, 0.15) is 5.82 Å². The van der Waals surface area contributed by atoms with Crippen LogP contribution in [0.15, 0.2) is 85.1 Å². The van der Waals surface area contributed by atoms with Crippen LogP contribution in [0.25, 0.3) is 21.9 Å². The molecule has 0 unspecified atom stereocenters. The highest BCUT2D eigenvalue weighted by Gasteiger charge is 2.22. The van der Waals surface area contributed by atoms with Crippen LogP contribution in [0.3, 0.4) is 0 Å². The van der Waals surface area contributed by atoms with Gasteiger partial charge in [0.2, 0.25) is 5.91 Å². The zero-order valence-electron chi connectivity index (χ0n) is 18.5. The summed E-state index contributed by atoms with van der Waals surface area (Å²) in [6.07, 6.45) is 2.56. The lowest BCUT2D eigenvalue weighted by molar-refractivity contribution is -0.123. The highest BCUT2D eigenvalue weighted by atomic mass is 16.2. The number of rotatable bonds is 8. The van der Waals surface area contributed by atoms with Gasteiger partial charge in [0.15, 0.2) is 0 Å². The Labute approximate surface area is 192 Å². The average Bonchev–Trinajstić information content (AvgIpc) is 3.46. The minimum absolute atomic E-state index is 0.0345. The Morgan fingerprint density at radius 3 is 2.48 bits per heavy atom. The van der Waals surface area contributed by atoms with Crippen molar-refractivity contribution in [1.82, 2.24) is 25.6 Å². The fourth-order valence-corrected chi connectivity index (χ4v) is 4.23. The van der Waals surface area contributed by atoms with E-state index in [1.807, 2.05) is 85.9 Å². The van der Waals surface area contributed by atoms with E-state index in [-0.39, 0.29) is 11.9 Å². The minimum Gasteiger partial charge on any atom is -0.361 e. The lowest BCUT2D eigenvalue weighted by Crippen LogP contribution is -2.46. The molecule has 166 valence electrons. The van der Waals surface area contributed by atoms with Crippen LogP contribution in [-0.4, -0.2) is 26.9 Å². The summed E-state index contributed by atoms with van der Waals surface area (Å²) in [5.41, 5.74) is 5.17. The van der Waals surface area contributed by atoms with Crippen molar-refractivity contribution in [2.24, 2.45) is 0 Å². The van der Waals surface area contributed by atoms with Crippen LogP contribution in [0.4, 0.5) is 0 Å². The van der Waals surface area contributed by atoms with E-state index in [1.54, 1.807) is 0 Å². The van der Waals surface area contributed by atoms with Crippen LogP contribution in [-0.2, 0) is 17.8 Å². The molecule has 33 heavy (non-hydrogen) atoms. The molecule has 0 bridgehead atoms. The molecule has 5 rings (SSSR count). The maximum Gasteiger partial charge on any atom is 0.237 e. The van der Waals surface area contributed by atoms with E-state index >= 15 is 0 Å². The Kier molecular flexibility index (Phi) is 5.91. The molecule has 2 heterocycles. The van der Waals surface area contributed by atoms with Crippen molar-refractivity contribution < 1.29 is 4.79 Å². The number of nitrogens with zero attached hydrogens (tertiary/aromatic N) is 1. The van der Waals surface area contributed by atoms with Crippen LogP contribution >= 0.6 is 0 Å². The van der Waals surface area contributed by atoms with E-state index in [1.165, 1.54) is 0 Å². The Hall–Kier alpha value is -3.90. The molecule has 4 N–H and O–H groups in total. The van der Waals surface area contributed by atoms with Gasteiger partial charge >= 0.3 is 0 Å². The number of amides is 1. The van der Waals surface area contributed by atoms with Gasteiger partial charge in [-0.1, -0.05) is 60.7 Å². The number of aromatic nitrogens is 3. The van der Waals surface area contributed by atoms with Crippen molar-refractivity contribution in [3.63, 3.8) is 0 Å². The quantitative estimate of drug-likeness (QED) is 0.286. The van der Waals surface area contributed by atoms with E-state index in [2.05, 4.69) is 31.7 Å². The van der Waals surface area contributed by atoms with Gasteiger partial charge in [0.05, 0.1) is 29.7 Å². The fraction of sp³-hybridized carbons (Fsp3) is 0.185. The summed E-state index contributed by atoms with van der Waals surface area (Å²) in [6, 6.07) is 25.6. The SMILES string of the molecule is C[C@H](NC(=O)[C@@H](Cc1c[nH]c2ccccc12)NCc1nc2ccccc2[nH]1)c1ccccc1. The first kappa shape index (κ1) is 21.0. The Bertz CT molecular complexity index is 1340. The zero-order valence-corrected chi connectivity index (χ0v) is 18.5. The molecular weight excluding hydrogens is 410 g/mol. The van der Waals surface area contributed by atoms with E-state index in [4.69, 9.17) is 0 Å².